The molecule has 0 unspecified atom stereocenters. The molecule has 0 aromatic carbocycles. The van der Waals surface area contributed by atoms with Crippen LogP contribution in [-0.4, -0.2) is 26.7 Å². The van der Waals surface area contributed by atoms with E-state index in [1.54, 1.807) is 6.20 Å². The molecule has 0 fully saturated rings. The van der Waals surface area contributed by atoms with Gasteiger partial charge in [0, 0.05) is 37.3 Å². The number of hydrogen-bond acceptors (Lipinski definition) is 5. The van der Waals surface area contributed by atoms with Gasteiger partial charge in [0.1, 0.15) is 0 Å². The number of nitrogens with zero attached hydrogens (tertiary/aromatic N) is 3. The molecule has 7 heteroatoms. The van der Waals surface area contributed by atoms with Crippen molar-refractivity contribution in [1.29, 1.82) is 0 Å². The lowest BCUT2D eigenvalue weighted by Gasteiger charge is -2.21. The molecular formula is C13H19N5OS. The molecule has 0 saturated heterocycles. The summed E-state index contributed by atoms with van der Waals surface area (Å²) in [4.78, 5) is 15.3. The number of nitrogens with one attached hydrogen (secondary N) is 2. The second-order valence-corrected chi connectivity index (χ2v) is 5.58. The molecule has 2 aromatic rings. The molecule has 2 N–H and O–H groups in total. The maximum absolute atomic E-state index is 10.9. The van der Waals surface area contributed by atoms with Gasteiger partial charge >= 0.3 is 0 Å². The van der Waals surface area contributed by atoms with Gasteiger partial charge in [-0.15, -0.1) is 11.3 Å². The van der Waals surface area contributed by atoms with E-state index in [9.17, 15) is 4.79 Å². The predicted octanol–water partition coefficient (Wildman–Crippen LogP) is 2.04. The lowest BCUT2D eigenvalue weighted by molar-refractivity contribution is -0.114. The summed E-state index contributed by atoms with van der Waals surface area (Å²) in [6.07, 6.45) is 3.74. The Morgan fingerprint density at radius 2 is 2.30 bits per heavy atom. The standard InChI is InChI=1S/C13H19N5OS/c1-9(10(2)18-6-4-5-15-18)14-7-12-8-20-13(17-12)16-11(3)19/h4-6,8-10,14H,7H2,1-3H3,(H,16,17,19)/t9-,10-/m0/s1. The lowest BCUT2D eigenvalue weighted by Crippen LogP contribution is -2.33. The summed E-state index contributed by atoms with van der Waals surface area (Å²) in [7, 11) is 0. The Kier molecular flexibility index (Phi) is 4.86. The van der Waals surface area contributed by atoms with Gasteiger partial charge in [-0.2, -0.15) is 5.10 Å². The average Bonchev–Trinajstić information content (AvgIpc) is 3.05. The maximum atomic E-state index is 10.9. The lowest BCUT2D eigenvalue weighted by atomic mass is 10.2. The Hall–Kier alpha value is -1.73. The van der Waals surface area contributed by atoms with Crippen LogP contribution in [0.5, 0.6) is 0 Å². The SMILES string of the molecule is CC(=O)Nc1nc(CN[C@@H](C)[C@H](C)n2cccn2)cs1. The molecule has 0 spiro atoms. The van der Waals surface area contributed by atoms with Gasteiger partial charge in [-0.25, -0.2) is 4.98 Å². The van der Waals surface area contributed by atoms with Gasteiger partial charge in [-0.3, -0.25) is 9.48 Å². The van der Waals surface area contributed by atoms with Crippen molar-refractivity contribution >= 4 is 22.4 Å². The van der Waals surface area contributed by atoms with Crippen LogP contribution in [0.4, 0.5) is 5.13 Å². The van der Waals surface area contributed by atoms with Crippen LogP contribution in [-0.2, 0) is 11.3 Å². The Bertz CT molecular complexity index is 551. The average molecular weight is 293 g/mol. The van der Waals surface area contributed by atoms with Crippen LogP contribution in [0, 0.1) is 0 Å². The van der Waals surface area contributed by atoms with Crippen molar-refractivity contribution in [3.8, 4) is 0 Å². The molecule has 1 amide bonds. The number of hydrogen-bond donors (Lipinski definition) is 2. The van der Waals surface area contributed by atoms with Crippen molar-refractivity contribution in [3.05, 3.63) is 29.5 Å². The first-order valence-corrected chi connectivity index (χ1v) is 7.38. The summed E-state index contributed by atoms with van der Waals surface area (Å²) in [5.41, 5.74) is 0.929. The molecule has 108 valence electrons. The van der Waals surface area contributed by atoms with E-state index in [4.69, 9.17) is 0 Å². The highest BCUT2D eigenvalue weighted by atomic mass is 32.1. The summed E-state index contributed by atoms with van der Waals surface area (Å²) in [6.45, 7) is 6.39. The van der Waals surface area contributed by atoms with E-state index in [1.165, 1.54) is 18.3 Å². The minimum atomic E-state index is -0.0977. The molecule has 0 aliphatic heterocycles. The largest absolute Gasteiger partial charge is 0.306 e. The van der Waals surface area contributed by atoms with Gasteiger partial charge < -0.3 is 10.6 Å². The monoisotopic (exact) mass is 293 g/mol. The number of carbonyl (C=O) groups excluding carboxylic acids is 1. The number of anilines is 1. The molecule has 0 radical (unpaired) electrons. The fraction of sp³-hybridized carbons (Fsp3) is 0.462. The molecule has 20 heavy (non-hydrogen) atoms. The number of rotatable bonds is 6. The zero-order valence-electron chi connectivity index (χ0n) is 11.8. The fourth-order valence-corrected chi connectivity index (χ4v) is 2.54. The number of carbonyl (C=O) groups is 1. The van der Waals surface area contributed by atoms with Crippen LogP contribution < -0.4 is 10.6 Å². The van der Waals surface area contributed by atoms with Gasteiger partial charge in [0.15, 0.2) is 5.13 Å². The summed E-state index contributed by atoms with van der Waals surface area (Å²) in [5.74, 6) is -0.0977. The Morgan fingerprint density at radius 3 is 2.95 bits per heavy atom. The highest BCUT2D eigenvalue weighted by Gasteiger charge is 2.14. The molecule has 6 nitrogen and oxygen atoms in total. The first kappa shape index (κ1) is 14.7. The molecular weight excluding hydrogens is 274 g/mol. The summed E-state index contributed by atoms with van der Waals surface area (Å²) in [5, 5.41) is 12.9. The second-order valence-electron chi connectivity index (χ2n) is 4.72. The van der Waals surface area contributed by atoms with Gasteiger partial charge in [0.25, 0.3) is 0 Å². The van der Waals surface area contributed by atoms with Crippen LogP contribution in [0.3, 0.4) is 0 Å². The number of amides is 1. The first-order chi connectivity index (χ1) is 9.56. The zero-order valence-corrected chi connectivity index (χ0v) is 12.6. The maximum Gasteiger partial charge on any atom is 0.223 e. The van der Waals surface area contributed by atoms with Crippen LogP contribution in [0.15, 0.2) is 23.8 Å². The van der Waals surface area contributed by atoms with Gasteiger partial charge in [0.05, 0.1) is 11.7 Å². The number of aromatic nitrogens is 3. The predicted molar refractivity (Wildman–Crippen MR) is 79.7 cm³/mol. The Morgan fingerprint density at radius 1 is 1.50 bits per heavy atom. The molecule has 0 aliphatic carbocycles. The molecule has 0 saturated carbocycles. The first-order valence-electron chi connectivity index (χ1n) is 6.50. The summed E-state index contributed by atoms with van der Waals surface area (Å²) >= 11 is 1.44. The van der Waals surface area contributed by atoms with Crippen molar-refractivity contribution in [3.63, 3.8) is 0 Å². The van der Waals surface area contributed by atoms with E-state index in [2.05, 4.69) is 34.6 Å². The third-order valence-electron chi connectivity index (χ3n) is 3.11. The quantitative estimate of drug-likeness (QED) is 0.855. The van der Waals surface area contributed by atoms with E-state index < -0.39 is 0 Å². The Labute approximate surface area is 122 Å². The highest BCUT2D eigenvalue weighted by Crippen LogP contribution is 2.16. The molecule has 2 aromatic heterocycles. The van der Waals surface area contributed by atoms with Crippen molar-refractivity contribution in [2.75, 3.05) is 5.32 Å². The van der Waals surface area contributed by atoms with Crippen molar-refractivity contribution in [2.45, 2.75) is 39.4 Å². The highest BCUT2D eigenvalue weighted by molar-refractivity contribution is 7.13. The third kappa shape index (κ3) is 3.88. The second kappa shape index (κ2) is 6.62. The van der Waals surface area contributed by atoms with Crippen LogP contribution >= 0.6 is 11.3 Å². The minimum Gasteiger partial charge on any atom is -0.306 e. The normalized spacial score (nSPS) is 13.9. The topological polar surface area (TPSA) is 71.8 Å². The van der Waals surface area contributed by atoms with E-state index in [0.29, 0.717) is 11.7 Å². The van der Waals surface area contributed by atoms with E-state index in [-0.39, 0.29) is 18.0 Å². The molecule has 2 heterocycles. The van der Waals surface area contributed by atoms with Crippen molar-refractivity contribution in [2.24, 2.45) is 0 Å². The fourth-order valence-electron chi connectivity index (χ4n) is 1.78. The minimum absolute atomic E-state index is 0.0977. The van der Waals surface area contributed by atoms with Crippen molar-refractivity contribution < 1.29 is 4.79 Å². The van der Waals surface area contributed by atoms with E-state index >= 15 is 0 Å². The molecule has 0 aliphatic rings. The smallest absolute Gasteiger partial charge is 0.223 e. The third-order valence-corrected chi connectivity index (χ3v) is 3.91. The van der Waals surface area contributed by atoms with Crippen molar-refractivity contribution in [1.82, 2.24) is 20.1 Å². The summed E-state index contributed by atoms with van der Waals surface area (Å²) < 4.78 is 1.93. The van der Waals surface area contributed by atoms with Crippen LogP contribution in [0.2, 0.25) is 0 Å². The van der Waals surface area contributed by atoms with Gasteiger partial charge in [-0.05, 0) is 19.9 Å². The van der Waals surface area contributed by atoms with E-state index in [0.717, 1.165) is 5.69 Å². The van der Waals surface area contributed by atoms with Crippen LogP contribution in [0.1, 0.15) is 32.5 Å². The zero-order chi connectivity index (χ0) is 14.5. The molecule has 2 rings (SSSR count). The van der Waals surface area contributed by atoms with Crippen LogP contribution in [0.25, 0.3) is 0 Å². The molecule has 2 atom stereocenters. The van der Waals surface area contributed by atoms with Gasteiger partial charge in [-0.1, -0.05) is 0 Å². The number of thiazole rings is 1. The summed E-state index contributed by atoms with van der Waals surface area (Å²) in [6, 6.07) is 2.45. The molecule has 0 bridgehead atoms. The van der Waals surface area contributed by atoms with Gasteiger partial charge in [0.2, 0.25) is 5.91 Å². The Balaban J connectivity index is 1.85. The van der Waals surface area contributed by atoms with E-state index in [1.807, 2.05) is 22.3 Å².